The third-order valence-corrected chi connectivity index (χ3v) is 4.47. The van der Waals surface area contributed by atoms with Gasteiger partial charge >= 0.3 is 10.1 Å². The Kier molecular flexibility index (Phi) is 5.39. The summed E-state index contributed by atoms with van der Waals surface area (Å²) in [7, 11) is -3.76. The van der Waals surface area contributed by atoms with E-state index < -0.39 is 10.1 Å². The molecule has 0 heterocycles. The highest BCUT2D eigenvalue weighted by atomic mass is 32.2. The van der Waals surface area contributed by atoms with Gasteiger partial charge in [-0.1, -0.05) is 50.1 Å². The molecule has 2 aromatic carbocycles. The molecule has 0 aliphatic rings. The van der Waals surface area contributed by atoms with Gasteiger partial charge in [-0.25, -0.2) is 0 Å². The van der Waals surface area contributed by atoms with E-state index in [0.29, 0.717) is 5.75 Å². The highest BCUT2D eigenvalue weighted by molar-refractivity contribution is 7.87. The summed E-state index contributed by atoms with van der Waals surface area (Å²) in [5.74, 6) is 0.368. The highest BCUT2D eigenvalue weighted by Gasteiger charge is 2.15. The lowest BCUT2D eigenvalue weighted by molar-refractivity contribution is 0.485. The van der Waals surface area contributed by atoms with Crippen LogP contribution >= 0.6 is 0 Å². The molecule has 0 atom stereocenters. The number of rotatable bonds is 7. The first-order valence-electron chi connectivity index (χ1n) is 7.20. The maximum atomic E-state index is 12.2. The van der Waals surface area contributed by atoms with Crippen LogP contribution in [0.2, 0.25) is 0 Å². The molecule has 21 heavy (non-hydrogen) atoms. The van der Waals surface area contributed by atoms with Gasteiger partial charge in [0.1, 0.15) is 10.6 Å². The summed E-state index contributed by atoms with van der Waals surface area (Å²) in [4.78, 5) is 0.168. The Labute approximate surface area is 126 Å². The SMILES string of the molecule is CCCCCc1cccc(OS(=O)(=O)c2ccccc2)c1. The van der Waals surface area contributed by atoms with Gasteiger partial charge in [-0.3, -0.25) is 0 Å². The third-order valence-electron chi connectivity index (χ3n) is 3.21. The van der Waals surface area contributed by atoms with Crippen molar-refractivity contribution < 1.29 is 12.6 Å². The molecule has 0 fully saturated rings. The molecular formula is C17H20O3S. The first kappa shape index (κ1) is 15.6. The molecule has 4 heteroatoms. The number of unbranched alkanes of at least 4 members (excludes halogenated alkanes) is 2. The Morgan fingerprint density at radius 3 is 2.43 bits per heavy atom. The summed E-state index contributed by atoms with van der Waals surface area (Å²) in [6.07, 6.45) is 4.38. The van der Waals surface area contributed by atoms with Crippen molar-refractivity contribution in [3.63, 3.8) is 0 Å². The van der Waals surface area contributed by atoms with Gasteiger partial charge in [0.05, 0.1) is 0 Å². The summed E-state index contributed by atoms with van der Waals surface area (Å²) in [6.45, 7) is 2.16. The predicted molar refractivity (Wildman–Crippen MR) is 83.9 cm³/mol. The Morgan fingerprint density at radius 1 is 0.952 bits per heavy atom. The van der Waals surface area contributed by atoms with E-state index in [9.17, 15) is 8.42 Å². The molecule has 2 aromatic rings. The summed E-state index contributed by atoms with van der Waals surface area (Å²) in [5, 5.41) is 0. The summed E-state index contributed by atoms with van der Waals surface area (Å²) in [6, 6.07) is 15.5. The third kappa shape index (κ3) is 4.60. The molecule has 0 saturated carbocycles. The fourth-order valence-corrected chi connectivity index (χ4v) is 3.04. The summed E-state index contributed by atoms with van der Waals surface area (Å²) < 4.78 is 29.5. The van der Waals surface area contributed by atoms with Crippen molar-refractivity contribution in [2.75, 3.05) is 0 Å². The van der Waals surface area contributed by atoms with Gasteiger partial charge in [0.25, 0.3) is 0 Å². The maximum Gasteiger partial charge on any atom is 0.339 e. The summed E-state index contributed by atoms with van der Waals surface area (Å²) in [5.41, 5.74) is 1.10. The van der Waals surface area contributed by atoms with Crippen LogP contribution in [0.4, 0.5) is 0 Å². The average molecular weight is 304 g/mol. The van der Waals surface area contributed by atoms with Crippen LogP contribution in [0.25, 0.3) is 0 Å². The van der Waals surface area contributed by atoms with Crippen LogP contribution in [0.5, 0.6) is 5.75 Å². The van der Waals surface area contributed by atoms with Gasteiger partial charge in [-0.05, 0) is 42.7 Å². The van der Waals surface area contributed by atoms with Crippen LogP contribution in [0.3, 0.4) is 0 Å². The molecule has 0 radical (unpaired) electrons. The minimum atomic E-state index is -3.76. The van der Waals surface area contributed by atoms with Crippen molar-refractivity contribution in [2.45, 2.75) is 37.5 Å². The molecule has 3 nitrogen and oxygen atoms in total. The van der Waals surface area contributed by atoms with Crippen molar-refractivity contribution in [3.8, 4) is 5.75 Å². The molecule has 0 aromatic heterocycles. The molecule has 0 saturated heterocycles. The van der Waals surface area contributed by atoms with E-state index >= 15 is 0 Å². The first-order chi connectivity index (χ1) is 10.1. The largest absolute Gasteiger partial charge is 0.379 e. The van der Waals surface area contributed by atoms with Gasteiger partial charge < -0.3 is 4.18 Å². The van der Waals surface area contributed by atoms with Crippen LogP contribution in [0.15, 0.2) is 59.5 Å². The zero-order valence-electron chi connectivity index (χ0n) is 12.2. The number of hydrogen-bond acceptors (Lipinski definition) is 3. The Morgan fingerprint density at radius 2 is 1.71 bits per heavy atom. The molecule has 0 amide bonds. The van der Waals surface area contributed by atoms with Crippen molar-refractivity contribution in [3.05, 3.63) is 60.2 Å². The predicted octanol–water partition coefficient (Wildman–Crippen LogP) is 4.19. The van der Waals surface area contributed by atoms with E-state index in [2.05, 4.69) is 6.92 Å². The minimum Gasteiger partial charge on any atom is -0.379 e. The number of hydrogen-bond donors (Lipinski definition) is 0. The van der Waals surface area contributed by atoms with Crippen LogP contribution < -0.4 is 4.18 Å². The van der Waals surface area contributed by atoms with Crippen LogP contribution in [0.1, 0.15) is 31.7 Å². The molecule has 0 aliphatic carbocycles. The average Bonchev–Trinajstić information content (AvgIpc) is 2.48. The van der Waals surface area contributed by atoms with Crippen molar-refractivity contribution in [2.24, 2.45) is 0 Å². The molecule has 0 bridgehead atoms. The minimum absolute atomic E-state index is 0.168. The van der Waals surface area contributed by atoms with Crippen LogP contribution in [-0.4, -0.2) is 8.42 Å². The van der Waals surface area contributed by atoms with Crippen LogP contribution in [-0.2, 0) is 16.5 Å². The lowest BCUT2D eigenvalue weighted by Crippen LogP contribution is -2.09. The van der Waals surface area contributed by atoms with Gasteiger partial charge in [0.15, 0.2) is 0 Å². The fraction of sp³-hybridized carbons (Fsp3) is 0.294. The van der Waals surface area contributed by atoms with E-state index in [-0.39, 0.29) is 4.90 Å². The van der Waals surface area contributed by atoms with E-state index in [1.807, 2.05) is 12.1 Å². The Hall–Kier alpha value is -1.81. The second kappa shape index (κ2) is 7.27. The van der Waals surface area contributed by atoms with Gasteiger partial charge in [-0.15, -0.1) is 0 Å². The molecule has 2 rings (SSSR count). The van der Waals surface area contributed by atoms with Gasteiger partial charge in [-0.2, -0.15) is 8.42 Å². The Balaban J connectivity index is 2.11. The number of benzene rings is 2. The lowest BCUT2D eigenvalue weighted by Gasteiger charge is -2.08. The topological polar surface area (TPSA) is 43.4 Å². The zero-order valence-corrected chi connectivity index (χ0v) is 13.0. The molecule has 0 N–H and O–H groups in total. The molecule has 0 spiro atoms. The van der Waals surface area contributed by atoms with E-state index in [4.69, 9.17) is 4.18 Å². The lowest BCUT2D eigenvalue weighted by atomic mass is 10.1. The van der Waals surface area contributed by atoms with E-state index in [0.717, 1.165) is 18.4 Å². The zero-order chi connectivity index (χ0) is 15.1. The van der Waals surface area contributed by atoms with E-state index in [1.54, 1.807) is 30.3 Å². The van der Waals surface area contributed by atoms with Crippen molar-refractivity contribution >= 4 is 10.1 Å². The molecular weight excluding hydrogens is 284 g/mol. The van der Waals surface area contributed by atoms with E-state index in [1.165, 1.54) is 25.0 Å². The second-order valence-electron chi connectivity index (χ2n) is 4.96. The normalized spacial score (nSPS) is 11.3. The summed E-state index contributed by atoms with van der Waals surface area (Å²) >= 11 is 0. The van der Waals surface area contributed by atoms with Gasteiger partial charge in [0.2, 0.25) is 0 Å². The maximum absolute atomic E-state index is 12.2. The monoisotopic (exact) mass is 304 g/mol. The highest BCUT2D eigenvalue weighted by Crippen LogP contribution is 2.20. The second-order valence-corrected chi connectivity index (χ2v) is 6.50. The quantitative estimate of drug-likeness (QED) is 0.569. The molecule has 0 unspecified atom stereocenters. The fourth-order valence-electron chi connectivity index (χ4n) is 2.09. The Bertz CT molecular complexity index is 663. The first-order valence-corrected chi connectivity index (χ1v) is 8.61. The molecule has 0 aliphatic heterocycles. The van der Waals surface area contributed by atoms with Crippen LogP contribution in [0, 0.1) is 0 Å². The van der Waals surface area contributed by atoms with Crippen molar-refractivity contribution in [1.82, 2.24) is 0 Å². The molecule has 112 valence electrons. The smallest absolute Gasteiger partial charge is 0.339 e. The number of aryl methyl sites for hydroxylation is 1. The standard InChI is InChI=1S/C17H20O3S/c1-2-3-5-9-15-10-8-11-16(14-15)20-21(18,19)17-12-6-4-7-13-17/h4,6-8,10-14H,2-3,5,9H2,1H3. The van der Waals surface area contributed by atoms with Crippen molar-refractivity contribution in [1.29, 1.82) is 0 Å². The van der Waals surface area contributed by atoms with Gasteiger partial charge in [0, 0.05) is 0 Å².